The van der Waals surface area contributed by atoms with Gasteiger partial charge in [0.2, 0.25) is 12.7 Å². The van der Waals surface area contributed by atoms with E-state index in [1.54, 1.807) is 4.90 Å². The van der Waals surface area contributed by atoms with Crippen LogP contribution in [0.4, 0.5) is 5.69 Å². The van der Waals surface area contributed by atoms with Gasteiger partial charge in [0.1, 0.15) is 12.1 Å². The van der Waals surface area contributed by atoms with Crippen molar-refractivity contribution in [3.05, 3.63) is 89.5 Å². The highest BCUT2D eigenvalue weighted by molar-refractivity contribution is 5.97. The normalized spacial score (nSPS) is 16.9. The molecule has 1 N–H and O–H groups in total. The molecule has 9 nitrogen and oxygen atoms in total. The number of nitrogens with one attached hydrogen (secondary N) is 1. The van der Waals surface area contributed by atoms with Crippen LogP contribution in [0.3, 0.4) is 0 Å². The molecule has 3 aromatic carbocycles. The minimum absolute atomic E-state index is 0.00332. The van der Waals surface area contributed by atoms with E-state index in [1.165, 1.54) is 18.4 Å². The summed E-state index contributed by atoms with van der Waals surface area (Å²) >= 11 is 0. The Balaban J connectivity index is 1.10. The first-order valence-electron chi connectivity index (χ1n) is 15.6. The van der Waals surface area contributed by atoms with E-state index in [2.05, 4.69) is 29.3 Å². The third kappa shape index (κ3) is 6.09. The molecule has 0 aromatic heterocycles. The minimum atomic E-state index is -0.807. The predicted octanol–water partition coefficient (Wildman–Crippen LogP) is 4.75. The SMILES string of the molecule is CCCCCc1ccc(C(=O)N2CCC3(CC2)C(=O)N(CC(=O)NCc2ccc4c(c2)OCO4)CN3c2ccccc2)cc1. The number of anilines is 1. The van der Waals surface area contributed by atoms with Crippen molar-refractivity contribution in [2.24, 2.45) is 0 Å². The van der Waals surface area contributed by atoms with Crippen molar-refractivity contribution in [3.63, 3.8) is 0 Å². The van der Waals surface area contributed by atoms with Crippen LogP contribution in [0.15, 0.2) is 72.8 Å². The average molecular weight is 597 g/mol. The van der Waals surface area contributed by atoms with Crippen LogP contribution < -0.4 is 19.7 Å². The van der Waals surface area contributed by atoms with Gasteiger partial charge in [-0.3, -0.25) is 14.4 Å². The van der Waals surface area contributed by atoms with Crippen LogP contribution in [-0.4, -0.2) is 66.2 Å². The fourth-order valence-electron chi connectivity index (χ4n) is 6.46. The van der Waals surface area contributed by atoms with Crippen molar-refractivity contribution >= 4 is 23.4 Å². The Morgan fingerprint density at radius 2 is 1.61 bits per heavy atom. The lowest BCUT2D eigenvalue weighted by molar-refractivity contribution is -0.137. The van der Waals surface area contributed by atoms with Gasteiger partial charge in [0, 0.05) is 30.9 Å². The maximum atomic E-state index is 14.1. The number of nitrogens with zero attached hydrogens (tertiary/aromatic N) is 3. The quantitative estimate of drug-likeness (QED) is 0.340. The first-order valence-corrected chi connectivity index (χ1v) is 15.6. The van der Waals surface area contributed by atoms with E-state index in [-0.39, 0.29) is 31.1 Å². The number of carbonyl (C=O) groups excluding carboxylic acids is 3. The molecule has 0 unspecified atom stereocenters. The van der Waals surface area contributed by atoms with E-state index in [1.807, 2.05) is 65.6 Å². The van der Waals surface area contributed by atoms with Gasteiger partial charge in [0.05, 0.1) is 6.67 Å². The van der Waals surface area contributed by atoms with Crippen molar-refractivity contribution in [3.8, 4) is 11.5 Å². The second kappa shape index (κ2) is 13.0. The molecule has 3 aliphatic heterocycles. The highest BCUT2D eigenvalue weighted by Gasteiger charge is 2.54. The Labute approximate surface area is 258 Å². The fourth-order valence-corrected chi connectivity index (χ4v) is 6.46. The molecule has 9 heteroatoms. The van der Waals surface area contributed by atoms with Crippen molar-refractivity contribution in [2.45, 2.75) is 57.5 Å². The third-order valence-corrected chi connectivity index (χ3v) is 8.99. The van der Waals surface area contributed by atoms with Gasteiger partial charge in [-0.15, -0.1) is 0 Å². The van der Waals surface area contributed by atoms with E-state index in [9.17, 15) is 14.4 Å². The van der Waals surface area contributed by atoms with Crippen LogP contribution in [-0.2, 0) is 22.6 Å². The first kappa shape index (κ1) is 29.5. The lowest BCUT2D eigenvalue weighted by Crippen LogP contribution is -2.57. The summed E-state index contributed by atoms with van der Waals surface area (Å²) in [5.41, 5.74) is 2.95. The molecule has 0 saturated carbocycles. The highest BCUT2D eigenvalue weighted by atomic mass is 16.7. The van der Waals surface area contributed by atoms with Crippen LogP contribution in [0.2, 0.25) is 0 Å². The summed E-state index contributed by atoms with van der Waals surface area (Å²) in [7, 11) is 0. The summed E-state index contributed by atoms with van der Waals surface area (Å²) in [5, 5.41) is 2.94. The molecule has 0 bridgehead atoms. The summed E-state index contributed by atoms with van der Waals surface area (Å²) in [4.78, 5) is 46.1. The Morgan fingerprint density at radius 1 is 0.886 bits per heavy atom. The number of likely N-dealkylation sites (tertiary alicyclic amines) is 1. The van der Waals surface area contributed by atoms with Gasteiger partial charge in [0.25, 0.3) is 11.8 Å². The van der Waals surface area contributed by atoms with Crippen molar-refractivity contribution in [2.75, 3.05) is 38.0 Å². The smallest absolute Gasteiger partial charge is 0.253 e. The molecule has 1 spiro atoms. The molecule has 3 heterocycles. The molecular formula is C35H40N4O5. The third-order valence-electron chi connectivity index (χ3n) is 8.99. The first-order chi connectivity index (χ1) is 21.5. The number of hydrogen-bond donors (Lipinski definition) is 1. The average Bonchev–Trinajstić information content (AvgIpc) is 3.63. The Morgan fingerprint density at radius 3 is 2.36 bits per heavy atom. The second-order valence-electron chi connectivity index (χ2n) is 11.9. The number of aryl methyl sites for hydroxylation is 1. The molecule has 6 rings (SSSR count). The zero-order valence-corrected chi connectivity index (χ0v) is 25.3. The monoisotopic (exact) mass is 596 g/mol. The number of amides is 3. The van der Waals surface area contributed by atoms with E-state index >= 15 is 0 Å². The maximum absolute atomic E-state index is 14.1. The molecule has 3 aromatic rings. The van der Waals surface area contributed by atoms with Crippen molar-refractivity contribution in [1.82, 2.24) is 15.1 Å². The maximum Gasteiger partial charge on any atom is 0.253 e. The van der Waals surface area contributed by atoms with Crippen LogP contribution in [0.5, 0.6) is 11.5 Å². The van der Waals surface area contributed by atoms with Gasteiger partial charge in [-0.05, 0) is 73.2 Å². The molecule has 2 fully saturated rings. The number of benzene rings is 3. The van der Waals surface area contributed by atoms with Crippen molar-refractivity contribution < 1.29 is 23.9 Å². The van der Waals surface area contributed by atoms with Crippen LogP contribution >= 0.6 is 0 Å². The summed E-state index contributed by atoms with van der Waals surface area (Å²) in [5.74, 6) is 1.06. The predicted molar refractivity (Wildman–Crippen MR) is 167 cm³/mol. The molecule has 0 radical (unpaired) electrons. The van der Waals surface area contributed by atoms with Gasteiger partial charge in [-0.2, -0.15) is 0 Å². The number of rotatable bonds is 10. The Hall–Kier alpha value is -4.53. The Kier molecular flexibility index (Phi) is 8.72. The summed E-state index contributed by atoms with van der Waals surface area (Å²) < 4.78 is 10.8. The number of hydrogen-bond acceptors (Lipinski definition) is 6. The van der Waals surface area contributed by atoms with Crippen molar-refractivity contribution in [1.29, 1.82) is 0 Å². The summed E-state index contributed by atoms with van der Waals surface area (Å²) in [6.45, 7) is 3.92. The largest absolute Gasteiger partial charge is 0.454 e. The number of piperidine rings is 1. The van der Waals surface area contributed by atoms with Gasteiger partial charge in [0.15, 0.2) is 11.5 Å². The van der Waals surface area contributed by atoms with E-state index < -0.39 is 5.54 Å². The molecule has 0 atom stereocenters. The molecule has 0 aliphatic carbocycles. The summed E-state index contributed by atoms with van der Waals surface area (Å²) in [6, 6.07) is 23.4. The van der Waals surface area contributed by atoms with Crippen LogP contribution in [0, 0.1) is 0 Å². The molecule has 3 amide bonds. The molecular weight excluding hydrogens is 556 g/mol. The Bertz CT molecular complexity index is 1480. The standard InChI is InChI=1S/C35H40N4O5/c1-2-3-5-8-26-11-14-28(15-12-26)33(41)37-19-17-35(18-20-37)34(42)38(24-39(35)29-9-6-4-7-10-29)23-32(40)36-22-27-13-16-30-31(21-27)44-25-43-30/h4,6-7,9-16,21H,2-3,5,8,17-20,22-25H2,1H3,(H,36,40). The molecule has 3 aliphatic rings. The number of para-hydroxylation sites is 1. The van der Waals surface area contributed by atoms with Gasteiger partial charge >= 0.3 is 0 Å². The number of unbranched alkanes of at least 4 members (excludes halogenated alkanes) is 2. The molecule has 2 saturated heterocycles. The van der Waals surface area contributed by atoms with E-state index in [4.69, 9.17) is 9.47 Å². The molecule has 44 heavy (non-hydrogen) atoms. The number of carbonyl (C=O) groups is 3. The fraction of sp³-hybridized carbons (Fsp3) is 0.400. The van der Waals surface area contributed by atoms with Crippen LogP contribution in [0.1, 0.15) is 60.5 Å². The number of ether oxygens (including phenoxy) is 2. The number of fused-ring (bicyclic) bond motifs is 1. The van der Waals surface area contributed by atoms with E-state index in [0.717, 1.165) is 24.1 Å². The molecule has 230 valence electrons. The van der Waals surface area contributed by atoms with Gasteiger partial charge in [-0.1, -0.05) is 56.2 Å². The topological polar surface area (TPSA) is 91.4 Å². The lowest BCUT2D eigenvalue weighted by Gasteiger charge is -2.43. The van der Waals surface area contributed by atoms with Gasteiger partial charge in [-0.25, -0.2) is 0 Å². The zero-order valence-electron chi connectivity index (χ0n) is 25.3. The summed E-state index contributed by atoms with van der Waals surface area (Å²) in [6.07, 6.45) is 5.57. The van der Waals surface area contributed by atoms with Gasteiger partial charge < -0.3 is 29.5 Å². The highest BCUT2D eigenvalue weighted by Crippen LogP contribution is 2.40. The minimum Gasteiger partial charge on any atom is -0.454 e. The van der Waals surface area contributed by atoms with Crippen LogP contribution in [0.25, 0.3) is 0 Å². The second-order valence-corrected chi connectivity index (χ2v) is 11.9. The zero-order chi connectivity index (χ0) is 30.5. The lowest BCUT2D eigenvalue weighted by atomic mass is 9.85. The van der Waals surface area contributed by atoms with E-state index in [0.29, 0.717) is 56.2 Å².